The van der Waals surface area contributed by atoms with E-state index in [1.807, 2.05) is 4.90 Å². The molecule has 2 heterocycles. The summed E-state index contributed by atoms with van der Waals surface area (Å²) in [6.45, 7) is 7.67. The Morgan fingerprint density at radius 2 is 1.79 bits per heavy atom. The van der Waals surface area contributed by atoms with E-state index < -0.39 is 0 Å². The third kappa shape index (κ3) is 2.74. The first-order valence-electron chi connectivity index (χ1n) is 6.82. The summed E-state index contributed by atoms with van der Waals surface area (Å²) in [4.78, 5) is 1.95. The zero-order valence-electron chi connectivity index (χ0n) is 11.8. The number of nitrogens with zero attached hydrogens (tertiary/aromatic N) is 3. The molecule has 0 unspecified atom stereocenters. The molecule has 0 radical (unpaired) electrons. The molecule has 0 spiro atoms. The molecule has 1 aliphatic rings. The predicted octanol–water partition coefficient (Wildman–Crippen LogP) is 0.794. The van der Waals surface area contributed by atoms with E-state index in [-0.39, 0.29) is 30.5 Å². The molecular weight excluding hydrogens is 246 g/mol. The Bertz CT molecular complexity index is 407. The molecule has 2 N–H and O–H groups in total. The summed E-state index contributed by atoms with van der Waals surface area (Å²) in [5.41, 5.74) is -0.127. The molecule has 0 bridgehead atoms. The molecule has 19 heavy (non-hydrogen) atoms. The van der Waals surface area contributed by atoms with Crippen LogP contribution in [0.15, 0.2) is 4.42 Å². The molecule has 0 aliphatic carbocycles. The molecule has 2 rings (SSSR count). The first-order chi connectivity index (χ1) is 9.01. The van der Waals surface area contributed by atoms with Gasteiger partial charge in [-0.25, -0.2) is 0 Å². The van der Waals surface area contributed by atoms with Crippen molar-refractivity contribution in [3.8, 4) is 0 Å². The fraction of sp³-hybridized carbons (Fsp3) is 0.846. The molecule has 1 saturated heterocycles. The van der Waals surface area contributed by atoms with Crippen LogP contribution in [-0.4, -0.2) is 46.7 Å². The van der Waals surface area contributed by atoms with E-state index in [0.29, 0.717) is 25.0 Å². The van der Waals surface area contributed by atoms with Crippen molar-refractivity contribution >= 4 is 6.01 Å². The van der Waals surface area contributed by atoms with Crippen LogP contribution >= 0.6 is 0 Å². The highest BCUT2D eigenvalue weighted by Gasteiger charge is 2.35. The van der Waals surface area contributed by atoms with Crippen LogP contribution in [0.4, 0.5) is 6.01 Å². The van der Waals surface area contributed by atoms with Gasteiger partial charge in [-0.2, -0.15) is 0 Å². The smallest absolute Gasteiger partial charge is 0.318 e. The van der Waals surface area contributed by atoms with Crippen LogP contribution in [0.25, 0.3) is 0 Å². The predicted molar refractivity (Wildman–Crippen MR) is 71.0 cm³/mol. The molecule has 108 valence electrons. The number of anilines is 1. The summed E-state index contributed by atoms with van der Waals surface area (Å²) < 4.78 is 5.75. The molecule has 0 saturated carbocycles. The first-order valence-corrected chi connectivity index (χ1v) is 6.82. The fourth-order valence-electron chi connectivity index (χ4n) is 2.28. The van der Waals surface area contributed by atoms with Crippen molar-refractivity contribution in [1.29, 1.82) is 0 Å². The highest BCUT2D eigenvalue weighted by molar-refractivity contribution is 5.28. The summed E-state index contributed by atoms with van der Waals surface area (Å²) in [5.74, 6) is 0.775. The molecule has 1 aliphatic heterocycles. The topological polar surface area (TPSA) is 82.6 Å². The van der Waals surface area contributed by atoms with Gasteiger partial charge in [0.2, 0.25) is 5.89 Å². The maximum atomic E-state index is 9.30. The molecule has 1 aromatic rings. The third-order valence-corrected chi connectivity index (χ3v) is 4.19. The van der Waals surface area contributed by atoms with Crippen LogP contribution < -0.4 is 4.90 Å². The zero-order chi connectivity index (χ0) is 14.0. The van der Waals surface area contributed by atoms with Crippen molar-refractivity contribution < 1.29 is 14.6 Å². The normalized spacial score (nSPS) is 24.2. The monoisotopic (exact) mass is 269 g/mol. The van der Waals surface area contributed by atoms with Crippen LogP contribution in [0.3, 0.4) is 0 Å². The average Bonchev–Trinajstić information content (AvgIpc) is 3.04. The van der Waals surface area contributed by atoms with Gasteiger partial charge in [-0.3, -0.25) is 0 Å². The Kier molecular flexibility index (Phi) is 4.10. The number of aliphatic hydroxyl groups is 2. The molecule has 2 atom stereocenters. The van der Waals surface area contributed by atoms with Crippen LogP contribution in [0, 0.1) is 11.8 Å². The summed E-state index contributed by atoms with van der Waals surface area (Å²) in [6, 6.07) is 0.492. The number of hydrogen-bond acceptors (Lipinski definition) is 6. The van der Waals surface area contributed by atoms with Crippen molar-refractivity contribution in [2.75, 3.05) is 31.2 Å². The van der Waals surface area contributed by atoms with Crippen molar-refractivity contribution in [1.82, 2.24) is 10.2 Å². The lowest BCUT2D eigenvalue weighted by molar-refractivity contribution is 0.152. The maximum Gasteiger partial charge on any atom is 0.318 e. The van der Waals surface area contributed by atoms with Gasteiger partial charge in [0.05, 0.1) is 0 Å². The Labute approximate surface area is 113 Å². The Hall–Kier alpha value is -1.14. The van der Waals surface area contributed by atoms with Gasteiger partial charge in [0, 0.05) is 43.6 Å². The van der Waals surface area contributed by atoms with E-state index >= 15 is 0 Å². The second-order valence-electron chi connectivity index (χ2n) is 5.92. The lowest BCUT2D eigenvalue weighted by Gasteiger charge is -2.17. The second kappa shape index (κ2) is 5.46. The summed E-state index contributed by atoms with van der Waals surface area (Å²) >= 11 is 0. The van der Waals surface area contributed by atoms with Gasteiger partial charge in [0.25, 0.3) is 0 Å². The van der Waals surface area contributed by atoms with E-state index in [2.05, 4.69) is 31.0 Å². The second-order valence-corrected chi connectivity index (χ2v) is 5.92. The van der Waals surface area contributed by atoms with Gasteiger partial charge in [0.15, 0.2) is 0 Å². The van der Waals surface area contributed by atoms with Crippen LogP contribution in [0.5, 0.6) is 0 Å². The van der Waals surface area contributed by atoms with Gasteiger partial charge >= 0.3 is 6.01 Å². The summed E-state index contributed by atoms with van der Waals surface area (Å²) in [7, 11) is 0. The standard InChI is InChI=1S/C13H23N3O3/c1-4-13(2,3)11-14-15-12(19-11)16-5-9(7-17)10(6-16)8-18/h9-10,17-18H,4-8H2,1-3H3/t9-,10+. The van der Waals surface area contributed by atoms with Gasteiger partial charge in [-0.15, -0.1) is 5.10 Å². The van der Waals surface area contributed by atoms with E-state index in [9.17, 15) is 10.2 Å². The van der Waals surface area contributed by atoms with Crippen LogP contribution in [-0.2, 0) is 5.41 Å². The number of aliphatic hydroxyl groups excluding tert-OH is 2. The Morgan fingerprint density at radius 3 is 2.26 bits per heavy atom. The fourth-order valence-corrected chi connectivity index (χ4v) is 2.28. The molecule has 0 amide bonds. The average molecular weight is 269 g/mol. The SMILES string of the molecule is CCC(C)(C)c1nnc(N2C[C@@H](CO)[C@@H](CO)C2)o1. The Morgan fingerprint density at radius 1 is 1.21 bits per heavy atom. The lowest BCUT2D eigenvalue weighted by Crippen LogP contribution is -2.21. The molecule has 6 nitrogen and oxygen atoms in total. The maximum absolute atomic E-state index is 9.30. The largest absolute Gasteiger partial charge is 0.407 e. The summed E-state index contributed by atoms with van der Waals surface area (Å²) in [6.07, 6.45) is 0.924. The number of rotatable bonds is 5. The quantitative estimate of drug-likeness (QED) is 0.822. The molecular formula is C13H23N3O3. The van der Waals surface area contributed by atoms with Gasteiger partial charge in [-0.05, 0) is 6.42 Å². The molecule has 0 aromatic carbocycles. The van der Waals surface area contributed by atoms with Gasteiger partial charge < -0.3 is 19.5 Å². The minimum absolute atomic E-state index is 0.0690. The molecule has 1 fully saturated rings. The first kappa shape index (κ1) is 14.3. The van der Waals surface area contributed by atoms with Crippen LogP contribution in [0.1, 0.15) is 33.1 Å². The van der Waals surface area contributed by atoms with Gasteiger partial charge in [-0.1, -0.05) is 25.9 Å². The lowest BCUT2D eigenvalue weighted by atomic mass is 9.90. The van der Waals surface area contributed by atoms with E-state index in [1.54, 1.807) is 0 Å². The van der Waals surface area contributed by atoms with Gasteiger partial charge in [0.1, 0.15) is 0 Å². The van der Waals surface area contributed by atoms with E-state index in [0.717, 1.165) is 6.42 Å². The molecule has 1 aromatic heterocycles. The van der Waals surface area contributed by atoms with E-state index in [1.165, 1.54) is 0 Å². The van der Waals surface area contributed by atoms with E-state index in [4.69, 9.17) is 4.42 Å². The highest BCUT2D eigenvalue weighted by atomic mass is 16.4. The molecule has 6 heteroatoms. The van der Waals surface area contributed by atoms with Crippen molar-refractivity contribution in [3.05, 3.63) is 5.89 Å². The van der Waals surface area contributed by atoms with Crippen molar-refractivity contribution in [3.63, 3.8) is 0 Å². The summed E-state index contributed by atoms with van der Waals surface area (Å²) in [5, 5.41) is 26.8. The number of aromatic nitrogens is 2. The van der Waals surface area contributed by atoms with Crippen molar-refractivity contribution in [2.24, 2.45) is 11.8 Å². The highest BCUT2D eigenvalue weighted by Crippen LogP contribution is 2.31. The van der Waals surface area contributed by atoms with Crippen LogP contribution in [0.2, 0.25) is 0 Å². The van der Waals surface area contributed by atoms with Crippen molar-refractivity contribution in [2.45, 2.75) is 32.6 Å². The Balaban J connectivity index is 2.12. The minimum Gasteiger partial charge on any atom is -0.407 e. The zero-order valence-corrected chi connectivity index (χ0v) is 11.8. The third-order valence-electron chi connectivity index (χ3n) is 4.19. The minimum atomic E-state index is -0.127. The number of hydrogen-bond donors (Lipinski definition) is 2.